The Kier molecular flexibility index (Phi) is 7.01. The van der Waals surface area contributed by atoms with Crippen molar-refractivity contribution in [3.05, 3.63) is 35.4 Å². The van der Waals surface area contributed by atoms with Crippen molar-refractivity contribution in [1.29, 1.82) is 0 Å². The van der Waals surface area contributed by atoms with Crippen LogP contribution in [0, 0.1) is 5.92 Å². The van der Waals surface area contributed by atoms with E-state index in [1.54, 1.807) is 49.9 Å². The molecule has 3 amide bonds. The molecule has 0 bridgehead atoms. The van der Waals surface area contributed by atoms with Crippen LogP contribution in [0.25, 0.3) is 0 Å². The molecule has 0 radical (unpaired) electrons. The van der Waals surface area contributed by atoms with Crippen molar-refractivity contribution in [2.24, 2.45) is 5.92 Å². The first-order chi connectivity index (χ1) is 12.8. The second-order valence-corrected chi connectivity index (χ2v) is 7.99. The average molecular weight is 392 g/mol. The molecule has 8 heteroatoms. The summed E-state index contributed by atoms with van der Waals surface area (Å²) in [5, 5.41) is 11.9. The smallest absolute Gasteiger partial charge is 0.326 e. The lowest BCUT2D eigenvalue weighted by molar-refractivity contribution is -0.142. The van der Waals surface area contributed by atoms with E-state index in [0.29, 0.717) is 5.75 Å². The van der Waals surface area contributed by atoms with E-state index in [0.717, 1.165) is 10.7 Å². The third-order valence-electron chi connectivity index (χ3n) is 4.37. The predicted molar refractivity (Wildman–Crippen MR) is 103 cm³/mol. The number of hydrogen-bond acceptors (Lipinski definition) is 5. The maximum Gasteiger partial charge on any atom is 0.326 e. The molecule has 0 saturated heterocycles. The number of hydrogen-bond donors (Lipinski definition) is 2. The van der Waals surface area contributed by atoms with Gasteiger partial charge >= 0.3 is 5.97 Å². The Labute approximate surface area is 162 Å². The molecule has 27 heavy (non-hydrogen) atoms. The summed E-state index contributed by atoms with van der Waals surface area (Å²) in [6.07, 6.45) is 0.270. The monoisotopic (exact) mass is 392 g/mol. The van der Waals surface area contributed by atoms with Crippen LogP contribution in [-0.4, -0.2) is 57.3 Å². The Morgan fingerprint density at radius 2 is 1.70 bits per heavy atom. The minimum absolute atomic E-state index is 0.259. The summed E-state index contributed by atoms with van der Waals surface area (Å²) in [7, 11) is 0. The molecule has 1 aliphatic rings. The van der Waals surface area contributed by atoms with Crippen molar-refractivity contribution in [2.45, 2.75) is 39.3 Å². The summed E-state index contributed by atoms with van der Waals surface area (Å²) in [5.74, 6) is -1.75. The molecule has 146 valence electrons. The second kappa shape index (κ2) is 9.03. The number of imide groups is 1. The zero-order valence-corrected chi connectivity index (χ0v) is 16.4. The number of nitrogens with zero attached hydrogens (tertiary/aromatic N) is 1. The number of carbonyl (C=O) groups excluding carboxylic acids is 3. The number of carboxylic acid groups (broad SMARTS) is 1. The molecule has 0 aliphatic carbocycles. The van der Waals surface area contributed by atoms with E-state index in [1.165, 1.54) is 0 Å². The number of thioether (sulfide) groups is 1. The summed E-state index contributed by atoms with van der Waals surface area (Å²) >= 11 is 1.58. The third kappa shape index (κ3) is 4.50. The summed E-state index contributed by atoms with van der Waals surface area (Å²) in [6.45, 7) is 5.41. The Bertz CT molecular complexity index is 714. The molecule has 2 N–H and O–H groups in total. The first-order valence-corrected chi connectivity index (χ1v) is 10.0. The topological polar surface area (TPSA) is 104 Å². The molecule has 0 saturated carbocycles. The molecule has 7 nitrogen and oxygen atoms in total. The fourth-order valence-corrected chi connectivity index (χ4v) is 3.73. The zero-order valence-electron chi connectivity index (χ0n) is 15.6. The van der Waals surface area contributed by atoms with Gasteiger partial charge in [-0.1, -0.05) is 32.9 Å². The van der Waals surface area contributed by atoms with Crippen molar-refractivity contribution in [2.75, 3.05) is 11.5 Å². The van der Waals surface area contributed by atoms with Crippen LogP contribution in [0.15, 0.2) is 24.3 Å². The Hall–Kier alpha value is -2.35. The lowest BCUT2D eigenvalue weighted by Crippen LogP contribution is -2.55. The van der Waals surface area contributed by atoms with Gasteiger partial charge in [0.1, 0.15) is 12.1 Å². The minimum atomic E-state index is -1.13. The number of benzene rings is 1. The van der Waals surface area contributed by atoms with Crippen LogP contribution in [0.2, 0.25) is 0 Å². The Balaban J connectivity index is 2.22. The quantitative estimate of drug-likeness (QED) is 0.492. The van der Waals surface area contributed by atoms with Crippen LogP contribution < -0.4 is 5.32 Å². The van der Waals surface area contributed by atoms with E-state index in [4.69, 9.17) is 0 Å². The zero-order chi connectivity index (χ0) is 20.1. The van der Waals surface area contributed by atoms with Gasteiger partial charge in [-0.15, -0.1) is 0 Å². The van der Waals surface area contributed by atoms with E-state index >= 15 is 0 Å². The van der Waals surface area contributed by atoms with Gasteiger partial charge in [0.25, 0.3) is 11.8 Å². The number of rotatable bonds is 9. The molecule has 1 aromatic carbocycles. The van der Waals surface area contributed by atoms with Crippen LogP contribution in [0.1, 0.15) is 47.9 Å². The van der Waals surface area contributed by atoms with Gasteiger partial charge in [-0.2, -0.15) is 11.8 Å². The van der Waals surface area contributed by atoms with Crippen molar-refractivity contribution in [1.82, 2.24) is 10.2 Å². The lowest BCUT2D eigenvalue weighted by atomic mass is 10.0. The van der Waals surface area contributed by atoms with Crippen LogP contribution in [-0.2, 0) is 9.59 Å². The van der Waals surface area contributed by atoms with Gasteiger partial charge in [0.15, 0.2) is 0 Å². The lowest BCUT2D eigenvalue weighted by Gasteiger charge is -2.29. The summed E-state index contributed by atoms with van der Waals surface area (Å²) < 4.78 is 0. The van der Waals surface area contributed by atoms with E-state index in [-0.39, 0.29) is 23.5 Å². The highest BCUT2D eigenvalue weighted by molar-refractivity contribution is 7.99. The van der Waals surface area contributed by atoms with E-state index in [2.05, 4.69) is 5.32 Å². The van der Waals surface area contributed by atoms with Crippen molar-refractivity contribution in [3.8, 4) is 0 Å². The van der Waals surface area contributed by atoms with Crippen molar-refractivity contribution >= 4 is 35.5 Å². The van der Waals surface area contributed by atoms with Crippen LogP contribution >= 0.6 is 11.8 Å². The molecule has 0 aromatic heterocycles. The predicted octanol–water partition coefficient (Wildman–Crippen LogP) is 2.02. The molecule has 1 aromatic rings. The fourth-order valence-electron chi connectivity index (χ4n) is 3.04. The number of carbonyl (C=O) groups is 4. The summed E-state index contributed by atoms with van der Waals surface area (Å²) in [5.41, 5.74) is 0.519. The number of amides is 3. The van der Waals surface area contributed by atoms with Gasteiger partial charge in [0, 0.05) is 0 Å². The normalized spacial score (nSPS) is 15.6. The molecule has 0 spiro atoms. The highest BCUT2D eigenvalue weighted by Crippen LogP contribution is 2.27. The van der Waals surface area contributed by atoms with Gasteiger partial charge in [-0.25, -0.2) is 4.79 Å². The van der Waals surface area contributed by atoms with Gasteiger partial charge in [-0.05, 0) is 36.0 Å². The van der Waals surface area contributed by atoms with Crippen LogP contribution in [0.3, 0.4) is 0 Å². The highest BCUT2D eigenvalue weighted by Gasteiger charge is 2.44. The molecule has 1 aliphatic heterocycles. The molecule has 2 unspecified atom stereocenters. The highest BCUT2D eigenvalue weighted by atomic mass is 32.2. The second-order valence-electron chi connectivity index (χ2n) is 6.60. The molecule has 0 fully saturated rings. The maximum atomic E-state index is 12.8. The molecular weight excluding hydrogens is 368 g/mol. The average Bonchev–Trinajstić information content (AvgIpc) is 2.86. The van der Waals surface area contributed by atoms with E-state index in [1.807, 2.05) is 6.92 Å². The SMILES string of the molecule is CCSCCC(NC(=O)C(C(C)C)N1C(=O)c2ccccc2C1=O)C(=O)O. The number of nitrogens with one attached hydrogen (secondary N) is 1. The maximum absolute atomic E-state index is 12.8. The largest absolute Gasteiger partial charge is 0.480 e. The van der Waals surface area contributed by atoms with Crippen LogP contribution in [0.5, 0.6) is 0 Å². The summed E-state index contributed by atoms with van der Waals surface area (Å²) in [6, 6.07) is 4.28. The van der Waals surface area contributed by atoms with E-state index < -0.39 is 35.8 Å². The summed E-state index contributed by atoms with van der Waals surface area (Å²) in [4.78, 5) is 50.6. The van der Waals surface area contributed by atoms with Crippen LogP contribution in [0.4, 0.5) is 0 Å². The van der Waals surface area contributed by atoms with Crippen molar-refractivity contribution < 1.29 is 24.3 Å². The number of fused-ring (bicyclic) bond motifs is 1. The Morgan fingerprint density at radius 1 is 1.15 bits per heavy atom. The number of carboxylic acids is 1. The van der Waals surface area contributed by atoms with Gasteiger partial charge < -0.3 is 10.4 Å². The third-order valence-corrected chi connectivity index (χ3v) is 5.31. The van der Waals surface area contributed by atoms with Gasteiger partial charge in [0.2, 0.25) is 5.91 Å². The first kappa shape index (κ1) is 21.0. The van der Waals surface area contributed by atoms with Crippen molar-refractivity contribution in [3.63, 3.8) is 0 Å². The first-order valence-electron chi connectivity index (χ1n) is 8.87. The molecule has 1 heterocycles. The van der Waals surface area contributed by atoms with Gasteiger partial charge in [0.05, 0.1) is 11.1 Å². The minimum Gasteiger partial charge on any atom is -0.480 e. The van der Waals surface area contributed by atoms with Gasteiger partial charge in [-0.3, -0.25) is 19.3 Å². The number of aliphatic carboxylic acids is 1. The molecule has 2 rings (SSSR count). The Morgan fingerprint density at radius 3 is 2.15 bits per heavy atom. The molecule has 2 atom stereocenters. The van der Waals surface area contributed by atoms with E-state index in [9.17, 15) is 24.3 Å². The molecular formula is C19H24N2O5S. The standard InChI is InChI=1S/C19H24N2O5S/c1-4-27-10-9-14(19(25)26)20-16(22)15(11(2)3)21-17(23)12-7-5-6-8-13(12)18(21)24/h5-8,11,14-15H,4,9-10H2,1-3H3,(H,20,22)(H,25,26). The fraction of sp³-hybridized carbons (Fsp3) is 0.474.